The van der Waals surface area contributed by atoms with Crippen LogP contribution in [0.1, 0.15) is 26.7 Å². The topological polar surface area (TPSA) is 26.3 Å². The van der Waals surface area contributed by atoms with Gasteiger partial charge in [-0.2, -0.15) is 0 Å². The standard InChI is InChI=1S/C8H12O2/c1-8(2)4-5-3-6(9)10-7(5)8/h5,7H,3-4H2,1-2H3/t5-,7-/m1/s1. The second-order valence-corrected chi connectivity index (χ2v) is 4.07. The molecular weight excluding hydrogens is 128 g/mol. The third kappa shape index (κ3) is 0.619. The molecular formula is C8H12O2. The maximum absolute atomic E-state index is 10.8. The van der Waals surface area contributed by atoms with E-state index in [1.54, 1.807) is 0 Å². The smallest absolute Gasteiger partial charge is 0.306 e. The highest BCUT2D eigenvalue weighted by molar-refractivity contribution is 5.72. The molecule has 0 aromatic heterocycles. The Kier molecular flexibility index (Phi) is 0.960. The first-order chi connectivity index (χ1) is 4.59. The van der Waals surface area contributed by atoms with E-state index in [0.29, 0.717) is 12.3 Å². The van der Waals surface area contributed by atoms with Crippen molar-refractivity contribution in [3.8, 4) is 0 Å². The van der Waals surface area contributed by atoms with Crippen LogP contribution < -0.4 is 0 Å². The predicted octanol–water partition coefficient (Wildman–Crippen LogP) is 1.35. The SMILES string of the molecule is CC1(C)C[C@H]2CC(=O)O[C@H]21. The molecule has 1 aliphatic carbocycles. The van der Waals surface area contributed by atoms with Gasteiger partial charge in [0, 0.05) is 11.3 Å². The summed E-state index contributed by atoms with van der Waals surface area (Å²) in [5.41, 5.74) is 0.261. The first-order valence-corrected chi connectivity index (χ1v) is 3.79. The van der Waals surface area contributed by atoms with E-state index >= 15 is 0 Å². The second kappa shape index (κ2) is 1.55. The third-order valence-corrected chi connectivity index (χ3v) is 2.67. The first kappa shape index (κ1) is 6.20. The van der Waals surface area contributed by atoms with Crippen molar-refractivity contribution in [1.29, 1.82) is 0 Å². The fourth-order valence-electron chi connectivity index (χ4n) is 2.22. The highest BCUT2D eigenvalue weighted by Crippen LogP contribution is 2.52. The van der Waals surface area contributed by atoms with Gasteiger partial charge in [-0.1, -0.05) is 13.8 Å². The van der Waals surface area contributed by atoms with Gasteiger partial charge >= 0.3 is 5.97 Å². The number of ether oxygens (including phenoxy) is 1. The molecule has 0 unspecified atom stereocenters. The molecule has 1 saturated heterocycles. The van der Waals surface area contributed by atoms with Gasteiger partial charge in [-0.25, -0.2) is 0 Å². The van der Waals surface area contributed by atoms with Crippen LogP contribution in [0.5, 0.6) is 0 Å². The van der Waals surface area contributed by atoms with Crippen molar-refractivity contribution < 1.29 is 9.53 Å². The van der Waals surface area contributed by atoms with E-state index in [9.17, 15) is 4.79 Å². The van der Waals surface area contributed by atoms with E-state index in [1.807, 2.05) is 0 Å². The van der Waals surface area contributed by atoms with Crippen LogP contribution in [0.4, 0.5) is 0 Å². The maximum atomic E-state index is 10.8. The van der Waals surface area contributed by atoms with Crippen molar-refractivity contribution in [3.05, 3.63) is 0 Å². The van der Waals surface area contributed by atoms with Crippen LogP contribution in [-0.2, 0) is 9.53 Å². The average Bonchev–Trinajstić information content (AvgIpc) is 2.08. The second-order valence-electron chi connectivity index (χ2n) is 4.07. The fourth-order valence-corrected chi connectivity index (χ4v) is 2.22. The molecule has 0 aromatic carbocycles. The van der Waals surface area contributed by atoms with Gasteiger partial charge in [0.2, 0.25) is 0 Å². The van der Waals surface area contributed by atoms with Gasteiger partial charge in [0.05, 0.1) is 6.42 Å². The van der Waals surface area contributed by atoms with E-state index in [0.717, 1.165) is 6.42 Å². The van der Waals surface area contributed by atoms with Crippen LogP contribution in [-0.4, -0.2) is 12.1 Å². The number of esters is 1. The first-order valence-electron chi connectivity index (χ1n) is 3.79. The molecule has 10 heavy (non-hydrogen) atoms. The van der Waals surface area contributed by atoms with Crippen molar-refractivity contribution in [2.75, 3.05) is 0 Å². The number of hydrogen-bond donors (Lipinski definition) is 0. The summed E-state index contributed by atoms with van der Waals surface area (Å²) in [5, 5.41) is 0. The molecule has 0 N–H and O–H groups in total. The van der Waals surface area contributed by atoms with Crippen LogP contribution in [0.15, 0.2) is 0 Å². The minimum absolute atomic E-state index is 0.000532. The van der Waals surface area contributed by atoms with Gasteiger partial charge in [0.25, 0.3) is 0 Å². The van der Waals surface area contributed by atoms with Crippen LogP contribution in [0.3, 0.4) is 0 Å². The molecule has 2 aliphatic rings. The van der Waals surface area contributed by atoms with E-state index < -0.39 is 0 Å². The summed E-state index contributed by atoms with van der Waals surface area (Å²) in [6.45, 7) is 4.32. The molecule has 0 bridgehead atoms. The van der Waals surface area contributed by atoms with Crippen LogP contribution in [0, 0.1) is 11.3 Å². The number of carbonyl (C=O) groups is 1. The van der Waals surface area contributed by atoms with Gasteiger partial charge in [-0.3, -0.25) is 4.79 Å². The Labute approximate surface area is 60.6 Å². The van der Waals surface area contributed by atoms with Gasteiger partial charge in [-0.15, -0.1) is 0 Å². The van der Waals surface area contributed by atoms with Crippen molar-refractivity contribution in [1.82, 2.24) is 0 Å². The molecule has 1 heterocycles. The monoisotopic (exact) mass is 140 g/mol. The van der Waals surface area contributed by atoms with E-state index in [4.69, 9.17) is 4.74 Å². The molecule has 56 valence electrons. The lowest BCUT2D eigenvalue weighted by molar-refractivity contribution is -0.152. The Morgan fingerprint density at radius 1 is 1.60 bits per heavy atom. The lowest BCUT2D eigenvalue weighted by Crippen LogP contribution is -2.46. The zero-order valence-electron chi connectivity index (χ0n) is 6.39. The number of fused-ring (bicyclic) bond motifs is 1. The Morgan fingerprint density at radius 2 is 2.30 bits per heavy atom. The van der Waals surface area contributed by atoms with Gasteiger partial charge in [-0.05, 0) is 6.42 Å². The maximum Gasteiger partial charge on any atom is 0.306 e. The molecule has 0 aromatic rings. The van der Waals surface area contributed by atoms with E-state index in [1.165, 1.54) is 0 Å². The summed E-state index contributed by atoms with van der Waals surface area (Å²) in [4.78, 5) is 10.8. The average molecular weight is 140 g/mol. The number of carbonyl (C=O) groups excluding carboxylic acids is 1. The predicted molar refractivity (Wildman–Crippen MR) is 36.4 cm³/mol. The summed E-state index contributed by atoms with van der Waals surface area (Å²) >= 11 is 0. The van der Waals surface area contributed by atoms with Gasteiger partial charge in [0.1, 0.15) is 6.10 Å². The zero-order valence-corrected chi connectivity index (χ0v) is 6.39. The van der Waals surface area contributed by atoms with Crippen molar-refractivity contribution >= 4 is 5.97 Å². The summed E-state index contributed by atoms with van der Waals surface area (Å²) in [6.07, 6.45) is 2.05. The molecule has 2 rings (SSSR count). The summed E-state index contributed by atoms with van der Waals surface area (Å²) in [6, 6.07) is 0. The van der Waals surface area contributed by atoms with Gasteiger partial charge < -0.3 is 4.74 Å². The van der Waals surface area contributed by atoms with Gasteiger partial charge in [0.15, 0.2) is 0 Å². The highest BCUT2D eigenvalue weighted by Gasteiger charge is 2.54. The van der Waals surface area contributed by atoms with E-state index in [-0.39, 0.29) is 17.5 Å². The highest BCUT2D eigenvalue weighted by atomic mass is 16.6. The summed E-state index contributed by atoms with van der Waals surface area (Å²) < 4.78 is 5.14. The Hall–Kier alpha value is -0.530. The molecule has 2 heteroatoms. The molecule has 2 atom stereocenters. The Morgan fingerprint density at radius 3 is 2.70 bits per heavy atom. The Balaban J connectivity index is 2.13. The molecule has 2 fully saturated rings. The largest absolute Gasteiger partial charge is 0.461 e. The minimum atomic E-state index is 0.000532. The summed E-state index contributed by atoms with van der Waals surface area (Å²) in [5.74, 6) is 0.545. The molecule has 0 radical (unpaired) electrons. The van der Waals surface area contributed by atoms with Crippen LogP contribution in [0.25, 0.3) is 0 Å². The van der Waals surface area contributed by atoms with Crippen LogP contribution >= 0.6 is 0 Å². The van der Waals surface area contributed by atoms with Crippen LogP contribution in [0.2, 0.25) is 0 Å². The number of rotatable bonds is 0. The molecule has 1 aliphatic heterocycles. The third-order valence-electron chi connectivity index (χ3n) is 2.67. The molecule has 2 nitrogen and oxygen atoms in total. The van der Waals surface area contributed by atoms with E-state index in [2.05, 4.69) is 13.8 Å². The quantitative estimate of drug-likeness (QED) is 0.475. The fraction of sp³-hybridized carbons (Fsp3) is 0.875. The lowest BCUT2D eigenvalue weighted by atomic mass is 9.62. The van der Waals surface area contributed by atoms with Crippen molar-refractivity contribution in [2.45, 2.75) is 32.8 Å². The number of hydrogen-bond acceptors (Lipinski definition) is 2. The minimum Gasteiger partial charge on any atom is -0.461 e. The summed E-state index contributed by atoms with van der Waals surface area (Å²) in [7, 11) is 0. The zero-order chi connectivity index (χ0) is 7.35. The molecule has 0 amide bonds. The van der Waals surface area contributed by atoms with Crippen molar-refractivity contribution in [3.63, 3.8) is 0 Å². The lowest BCUT2D eigenvalue weighted by Gasteiger charge is -2.45. The molecule has 1 saturated carbocycles. The normalized spacial score (nSPS) is 42.0. The van der Waals surface area contributed by atoms with Crippen molar-refractivity contribution in [2.24, 2.45) is 11.3 Å². The Bertz CT molecular complexity index is 184. The molecule has 0 spiro atoms.